The van der Waals surface area contributed by atoms with Crippen LogP contribution in [0, 0.1) is 29.6 Å². The van der Waals surface area contributed by atoms with Crippen LogP contribution in [0.2, 0.25) is 0 Å². The summed E-state index contributed by atoms with van der Waals surface area (Å²) in [5.74, 6) is 5.52. The summed E-state index contributed by atoms with van der Waals surface area (Å²) in [6.07, 6.45) is 4.41. The topological polar surface area (TPSA) is 35.2 Å². The molecule has 0 aliphatic heterocycles. The molecule has 1 aromatic rings. The summed E-state index contributed by atoms with van der Waals surface area (Å²) in [5.41, 5.74) is 7.84. The molecule has 0 amide bonds. The van der Waals surface area contributed by atoms with E-state index in [1.165, 1.54) is 24.8 Å². The van der Waals surface area contributed by atoms with Crippen molar-refractivity contribution >= 4 is 15.9 Å². The minimum Gasteiger partial charge on any atom is -0.493 e. The third-order valence-electron chi connectivity index (χ3n) is 5.85. The van der Waals surface area contributed by atoms with Crippen molar-refractivity contribution in [1.82, 2.24) is 0 Å². The monoisotopic (exact) mass is 335 g/mol. The largest absolute Gasteiger partial charge is 0.493 e. The third-order valence-corrected chi connectivity index (χ3v) is 6.47. The highest BCUT2D eigenvalue weighted by Gasteiger charge is 2.66. The number of hydrogen-bond donors (Lipinski definition) is 1. The highest BCUT2D eigenvalue weighted by Crippen LogP contribution is 2.71. The maximum absolute atomic E-state index is 6.57. The van der Waals surface area contributed by atoms with Gasteiger partial charge in [-0.3, -0.25) is 0 Å². The second-order valence-electron chi connectivity index (χ2n) is 6.71. The molecule has 2 bridgehead atoms. The first-order valence-electron chi connectivity index (χ1n) is 7.88. The van der Waals surface area contributed by atoms with E-state index < -0.39 is 0 Å². The van der Waals surface area contributed by atoms with Crippen molar-refractivity contribution < 1.29 is 4.74 Å². The number of fused-ring (bicyclic) bond motifs is 5. The smallest absolute Gasteiger partial charge is 0.133 e. The fourth-order valence-corrected chi connectivity index (χ4v) is 5.60. The summed E-state index contributed by atoms with van der Waals surface area (Å²) in [6, 6.07) is 6.57. The average Bonchev–Trinajstić information content (AvgIpc) is 2.88. The molecule has 3 aliphatic rings. The lowest BCUT2D eigenvalue weighted by Gasteiger charge is -2.17. The van der Waals surface area contributed by atoms with Crippen LogP contribution >= 0.6 is 15.9 Å². The van der Waals surface area contributed by atoms with Gasteiger partial charge in [0.15, 0.2) is 0 Å². The molecule has 3 aliphatic carbocycles. The van der Waals surface area contributed by atoms with E-state index in [4.69, 9.17) is 10.5 Å². The Kier molecular flexibility index (Phi) is 3.11. The van der Waals surface area contributed by atoms with Gasteiger partial charge in [0.2, 0.25) is 0 Å². The summed E-state index contributed by atoms with van der Waals surface area (Å²) in [7, 11) is 0. The zero-order valence-corrected chi connectivity index (χ0v) is 13.5. The van der Waals surface area contributed by atoms with Gasteiger partial charge in [0, 0.05) is 6.04 Å². The van der Waals surface area contributed by atoms with Gasteiger partial charge in [-0.15, -0.1) is 0 Å². The molecule has 0 saturated heterocycles. The van der Waals surface area contributed by atoms with E-state index in [1.807, 2.05) is 6.92 Å². The molecule has 20 heavy (non-hydrogen) atoms. The van der Waals surface area contributed by atoms with E-state index in [2.05, 4.69) is 34.1 Å². The SMILES string of the molecule is CCOc1ccc(C(N)C2C3C4CCC(C4)C32)cc1Br. The van der Waals surface area contributed by atoms with Crippen LogP contribution in [0.1, 0.15) is 37.8 Å². The highest BCUT2D eigenvalue weighted by molar-refractivity contribution is 9.10. The molecule has 0 heterocycles. The van der Waals surface area contributed by atoms with E-state index in [-0.39, 0.29) is 6.04 Å². The molecule has 5 atom stereocenters. The first-order valence-corrected chi connectivity index (χ1v) is 8.67. The van der Waals surface area contributed by atoms with Gasteiger partial charge in [-0.05, 0) is 89.4 Å². The lowest BCUT2D eigenvalue weighted by Crippen LogP contribution is -2.17. The van der Waals surface area contributed by atoms with Crippen molar-refractivity contribution in [3.8, 4) is 5.75 Å². The Balaban J connectivity index is 1.52. The van der Waals surface area contributed by atoms with Crippen LogP contribution in [0.4, 0.5) is 0 Å². The van der Waals surface area contributed by atoms with Crippen LogP contribution in [-0.4, -0.2) is 6.61 Å². The Morgan fingerprint density at radius 1 is 1.30 bits per heavy atom. The van der Waals surface area contributed by atoms with Crippen LogP contribution in [0.15, 0.2) is 22.7 Å². The number of nitrogens with two attached hydrogens (primary N) is 1. The van der Waals surface area contributed by atoms with Gasteiger partial charge in [-0.2, -0.15) is 0 Å². The minimum absolute atomic E-state index is 0.209. The lowest BCUT2D eigenvalue weighted by atomic mass is 9.93. The van der Waals surface area contributed by atoms with Crippen LogP contribution in [-0.2, 0) is 0 Å². The zero-order valence-electron chi connectivity index (χ0n) is 11.9. The van der Waals surface area contributed by atoms with Gasteiger partial charge in [-0.1, -0.05) is 6.07 Å². The fourth-order valence-electron chi connectivity index (χ4n) is 5.09. The molecule has 3 heteroatoms. The Morgan fingerprint density at radius 2 is 2.00 bits per heavy atom. The number of ether oxygens (including phenoxy) is 1. The lowest BCUT2D eigenvalue weighted by molar-refractivity contribution is 0.337. The van der Waals surface area contributed by atoms with Gasteiger partial charge >= 0.3 is 0 Å². The minimum atomic E-state index is 0.209. The molecule has 5 unspecified atom stereocenters. The van der Waals surface area contributed by atoms with Gasteiger partial charge in [0.05, 0.1) is 11.1 Å². The Bertz CT molecular complexity index is 516. The van der Waals surface area contributed by atoms with Crippen molar-refractivity contribution in [2.24, 2.45) is 35.3 Å². The van der Waals surface area contributed by atoms with Crippen LogP contribution < -0.4 is 10.5 Å². The molecule has 0 spiro atoms. The summed E-state index contributed by atoms with van der Waals surface area (Å²) >= 11 is 3.60. The molecule has 4 rings (SSSR count). The molecule has 0 aromatic heterocycles. The second-order valence-corrected chi connectivity index (χ2v) is 7.57. The second kappa shape index (κ2) is 4.74. The maximum atomic E-state index is 6.57. The molecular formula is C17H22BrNO. The fraction of sp³-hybridized carbons (Fsp3) is 0.647. The number of hydrogen-bond acceptors (Lipinski definition) is 2. The van der Waals surface area contributed by atoms with E-state index >= 15 is 0 Å². The molecule has 0 radical (unpaired) electrons. The normalized spacial score (nSPS) is 38.6. The molecule has 3 saturated carbocycles. The van der Waals surface area contributed by atoms with Crippen molar-refractivity contribution in [3.63, 3.8) is 0 Å². The van der Waals surface area contributed by atoms with Crippen LogP contribution in [0.25, 0.3) is 0 Å². The number of rotatable bonds is 4. The summed E-state index contributed by atoms with van der Waals surface area (Å²) in [5, 5.41) is 0. The summed E-state index contributed by atoms with van der Waals surface area (Å²) in [6.45, 7) is 2.70. The van der Waals surface area contributed by atoms with Gasteiger partial charge in [0.1, 0.15) is 5.75 Å². The summed E-state index contributed by atoms with van der Waals surface area (Å²) in [4.78, 5) is 0. The quantitative estimate of drug-likeness (QED) is 0.897. The molecule has 3 fully saturated rings. The van der Waals surface area contributed by atoms with Gasteiger partial charge in [0.25, 0.3) is 0 Å². The molecule has 2 nitrogen and oxygen atoms in total. The molecule has 2 N–H and O–H groups in total. The molecular weight excluding hydrogens is 314 g/mol. The Morgan fingerprint density at radius 3 is 2.60 bits per heavy atom. The van der Waals surface area contributed by atoms with Gasteiger partial charge in [-0.25, -0.2) is 0 Å². The van der Waals surface area contributed by atoms with Crippen LogP contribution in [0.3, 0.4) is 0 Å². The van der Waals surface area contributed by atoms with Crippen molar-refractivity contribution in [3.05, 3.63) is 28.2 Å². The predicted molar refractivity (Wildman–Crippen MR) is 83.5 cm³/mol. The van der Waals surface area contributed by atoms with Crippen LogP contribution in [0.5, 0.6) is 5.75 Å². The maximum Gasteiger partial charge on any atom is 0.133 e. The third kappa shape index (κ3) is 1.86. The van der Waals surface area contributed by atoms with Crippen molar-refractivity contribution in [1.29, 1.82) is 0 Å². The zero-order chi connectivity index (χ0) is 13.9. The van der Waals surface area contributed by atoms with E-state index in [0.717, 1.165) is 39.8 Å². The van der Waals surface area contributed by atoms with E-state index in [0.29, 0.717) is 6.61 Å². The Labute approximate surface area is 129 Å². The molecule has 1 aromatic carbocycles. The van der Waals surface area contributed by atoms with E-state index in [9.17, 15) is 0 Å². The van der Waals surface area contributed by atoms with Crippen molar-refractivity contribution in [2.75, 3.05) is 6.61 Å². The first kappa shape index (κ1) is 13.1. The standard InChI is InChI=1S/C17H22BrNO/c1-2-20-13-6-5-11(8-12(13)18)17(19)16-14-9-3-4-10(7-9)15(14)16/h5-6,8-10,14-17H,2-4,7,19H2,1H3. The highest BCUT2D eigenvalue weighted by atomic mass is 79.9. The average molecular weight is 336 g/mol. The van der Waals surface area contributed by atoms with E-state index in [1.54, 1.807) is 0 Å². The van der Waals surface area contributed by atoms with Gasteiger partial charge < -0.3 is 10.5 Å². The summed E-state index contributed by atoms with van der Waals surface area (Å²) < 4.78 is 6.61. The number of benzene rings is 1. The predicted octanol–water partition coefficient (Wildman–Crippen LogP) is 4.14. The first-order chi connectivity index (χ1) is 9.70. The van der Waals surface area contributed by atoms with Crippen molar-refractivity contribution in [2.45, 2.75) is 32.2 Å². The Hall–Kier alpha value is -0.540. The molecule has 108 valence electrons. The number of halogens is 1.